The summed E-state index contributed by atoms with van der Waals surface area (Å²) in [5.41, 5.74) is 0. The van der Waals surface area contributed by atoms with Crippen molar-refractivity contribution in [1.29, 1.82) is 0 Å². The summed E-state index contributed by atoms with van der Waals surface area (Å²) in [5, 5.41) is 9.17. The molecule has 0 aliphatic carbocycles. The maximum absolute atomic E-state index is 11.5. The Kier molecular flexibility index (Phi) is 4.14. The first-order valence-electron chi connectivity index (χ1n) is 5.67. The number of carbonyl (C=O) groups excluding carboxylic acids is 1. The largest absolute Gasteiger partial charge is 0.338 e. The van der Waals surface area contributed by atoms with Crippen LogP contribution in [0.5, 0.6) is 0 Å². The van der Waals surface area contributed by atoms with Gasteiger partial charge >= 0.3 is 6.03 Å². The average Bonchev–Trinajstić information content (AvgIpc) is 2.86. The second-order valence-corrected chi connectivity index (χ2v) is 5.42. The first-order valence-corrected chi connectivity index (χ1v) is 6.83. The van der Waals surface area contributed by atoms with Crippen molar-refractivity contribution in [1.82, 2.24) is 16.0 Å². The Labute approximate surface area is 94.9 Å². The van der Waals surface area contributed by atoms with Crippen molar-refractivity contribution in [3.63, 3.8) is 0 Å². The lowest BCUT2D eigenvalue weighted by atomic mass is 10.1. The maximum atomic E-state index is 11.5. The van der Waals surface area contributed by atoms with Crippen LogP contribution in [-0.4, -0.2) is 43.2 Å². The van der Waals surface area contributed by atoms with Crippen molar-refractivity contribution in [2.24, 2.45) is 5.92 Å². The van der Waals surface area contributed by atoms with Gasteiger partial charge in [-0.2, -0.15) is 11.8 Å². The molecule has 0 aromatic heterocycles. The van der Waals surface area contributed by atoms with Gasteiger partial charge in [0.15, 0.2) is 0 Å². The van der Waals surface area contributed by atoms with Crippen LogP contribution in [0.15, 0.2) is 0 Å². The lowest BCUT2D eigenvalue weighted by molar-refractivity contribution is 0.236. The molecule has 0 saturated carbocycles. The lowest BCUT2D eigenvalue weighted by Crippen LogP contribution is -2.44. The third kappa shape index (κ3) is 3.57. The summed E-state index contributed by atoms with van der Waals surface area (Å²) in [7, 11) is 0. The van der Waals surface area contributed by atoms with Crippen LogP contribution in [0.25, 0.3) is 0 Å². The zero-order chi connectivity index (χ0) is 10.5. The highest BCUT2D eigenvalue weighted by atomic mass is 32.2. The number of thioether (sulfide) groups is 1. The van der Waals surface area contributed by atoms with Crippen molar-refractivity contribution < 1.29 is 4.79 Å². The van der Waals surface area contributed by atoms with E-state index < -0.39 is 0 Å². The van der Waals surface area contributed by atoms with Crippen LogP contribution in [0, 0.1) is 5.92 Å². The lowest BCUT2D eigenvalue weighted by Gasteiger charge is -2.14. The van der Waals surface area contributed by atoms with Gasteiger partial charge in [0.25, 0.3) is 0 Å². The minimum Gasteiger partial charge on any atom is -0.338 e. The first-order chi connectivity index (χ1) is 7.34. The molecule has 2 fully saturated rings. The molecule has 0 radical (unpaired) electrons. The van der Waals surface area contributed by atoms with Crippen LogP contribution in [0.3, 0.4) is 0 Å². The van der Waals surface area contributed by atoms with E-state index in [4.69, 9.17) is 0 Å². The highest BCUT2D eigenvalue weighted by Crippen LogP contribution is 2.22. The molecule has 2 aliphatic heterocycles. The summed E-state index contributed by atoms with van der Waals surface area (Å²) in [6, 6.07) is 0.323. The van der Waals surface area contributed by atoms with Crippen LogP contribution >= 0.6 is 11.8 Å². The van der Waals surface area contributed by atoms with E-state index in [1.54, 1.807) is 0 Å². The molecule has 2 heterocycles. The molecule has 2 rings (SSSR count). The molecule has 4 nitrogen and oxygen atoms in total. The standard InChI is InChI=1S/C10H19N3OS/c14-10(13-9-1-3-11-6-9)12-5-8-2-4-15-7-8/h8-9,11H,1-7H2,(H2,12,13,14). The monoisotopic (exact) mass is 229 g/mol. The van der Waals surface area contributed by atoms with Gasteiger partial charge < -0.3 is 16.0 Å². The van der Waals surface area contributed by atoms with E-state index >= 15 is 0 Å². The highest BCUT2D eigenvalue weighted by Gasteiger charge is 2.18. The molecule has 5 heteroatoms. The molecular weight excluding hydrogens is 210 g/mol. The van der Waals surface area contributed by atoms with E-state index in [1.165, 1.54) is 17.9 Å². The SMILES string of the molecule is O=C(NCC1CCSC1)NC1CCNC1. The molecule has 2 amide bonds. The number of hydrogen-bond donors (Lipinski definition) is 3. The molecule has 2 aliphatic rings. The Hall–Kier alpha value is -0.420. The molecule has 2 atom stereocenters. The summed E-state index contributed by atoms with van der Waals surface area (Å²) in [6.45, 7) is 2.76. The number of amides is 2. The van der Waals surface area contributed by atoms with Gasteiger partial charge in [-0.3, -0.25) is 0 Å². The number of hydrogen-bond acceptors (Lipinski definition) is 3. The van der Waals surface area contributed by atoms with Crippen LogP contribution in [0.2, 0.25) is 0 Å². The summed E-state index contributed by atoms with van der Waals surface area (Å²) in [5.74, 6) is 3.13. The fourth-order valence-corrected chi connectivity index (χ4v) is 3.28. The highest BCUT2D eigenvalue weighted by molar-refractivity contribution is 7.99. The van der Waals surface area contributed by atoms with Crippen LogP contribution in [0.1, 0.15) is 12.8 Å². The second-order valence-electron chi connectivity index (χ2n) is 4.27. The van der Waals surface area contributed by atoms with E-state index in [9.17, 15) is 4.79 Å². The van der Waals surface area contributed by atoms with E-state index in [0.29, 0.717) is 12.0 Å². The van der Waals surface area contributed by atoms with Crippen LogP contribution in [0.4, 0.5) is 4.79 Å². The average molecular weight is 229 g/mol. The van der Waals surface area contributed by atoms with Crippen molar-refractivity contribution >= 4 is 17.8 Å². The number of rotatable bonds is 3. The van der Waals surface area contributed by atoms with Gasteiger partial charge in [0.2, 0.25) is 0 Å². The van der Waals surface area contributed by atoms with Gasteiger partial charge in [-0.25, -0.2) is 4.79 Å². The first kappa shape index (κ1) is 11.1. The molecule has 15 heavy (non-hydrogen) atoms. The van der Waals surface area contributed by atoms with E-state index in [2.05, 4.69) is 16.0 Å². The van der Waals surface area contributed by atoms with Gasteiger partial charge in [0.1, 0.15) is 0 Å². The van der Waals surface area contributed by atoms with Gasteiger partial charge in [-0.05, 0) is 36.8 Å². The van der Waals surface area contributed by atoms with Crippen molar-refractivity contribution in [3.8, 4) is 0 Å². The summed E-state index contributed by atoms with van der Waals surface area (Å²) in [4.78, 5) is 11.5. The third-order valence-electron chi connectivity index (χ3n) is 2.97. The fourth-order valence-electron chi connectivity index (χ4n) is 2.00. The van der Waals surface area contributed by atoms with Crippen LogP contribution < -0.4 is 16.0 Å². The Morgan fingerprint density at radius 1 is 1.47 bits per heavy atom. The summed E-state index contributed by atoms with van der Waals surface area (Å²) >= 11 is 1.99. The normalized spacial score (nSPS) is 30.4. The van der Waals surface area contributed by atoms with Crippen LogP contribution in [-0.2, 0) is 0 Å². The third-order valence-corrected chi connectivity index (χ3v) is 4.20. The topological polar surface area (TPSA) is 53.2 Å². The smallest absolute Gasteiger partial charge is 0.315 e. The van der Waals surface area contributed by atoms with E-state index in [1.807, 2.05) is 11.8 Å². The quantitative estimate of drug-likeness (QED) is 0.656. The molecule has 2 saturated heterocycles. The Bertz CT molecular complexity index is 213. The Morgan fingerprint density at radius 3 is 3.07 bits per heavy atom. The number of urea groups is 1. The predicted molar refractivity (Wildman–Crippen MR) is 63.2 cm³/mol. The van der Waals surface area contributed by atoms with Gasteiger partial charge in [-0.15, -0.1) is 0 Å². The molecule has 0 bridgehead atoms. The minimum atomic E-state index is 0.000556. The molecule has 86 valence electrons. The Morgan fingerprint density at radius 2 is 2.40 bits per heavy atom. The zero-order valence-corrected chi connectivity index (χ0v) is 9.74. The minimum absolute atomic E-state index is 0.000556. The maximum Gasteiger partial charge on any atom is 0.315 e. The Balaban J connectivity index is 1.59. The number of nitrogens with one attached hydrogen (secondary N) is 3. The van der Waals surface area contributed by atoms with Crippen molar-refractivity contribution in [2.75, 3.05) is 31.1 Å². The van der Waals surface area contributed by atoms with Gasteiger partial charge in [0, 0.05) is 19.1 Å². The second kappa shape index (κ2) is 5.61. The molecule has 2 unspecified atom stereocenters. The fraction of sp³-hybridized carbons (Fsp3) is 0.900. The summed E-state index contributed by atoms with van der Waals surface area (Å²) < 4.78 is 0. The predicted octanol–water partition coefficient (Wildman–Crippen LogP) is 0.401. The van der Waals surface area contributed by atoms with Crippen molar-refractivity contribution in [3.05, 3.63) is 0 Å². The van der Waals surface area contributed by atoms with E-state index in [-0.39, 0.29) is 6.03 Å². The molecule has 0 aromatic carbocycles. The molecular formula is C10H19N3OS. The number of carbonyl (C=O) groups is 1. The molecule has 3 N–H and O–H groups in total. The molecule has 0 aromatic rings. The van der Waals surface area contributed by atoms with E-state index in [0.717, 1.165) is 26.1 Å². The van der Waals surface area contributed by atoms with Gasteiger partial charge in [0.05, 0.1) is 0 Å². The summed E-state index contributed by atoms with van der Waals surface area (Å²) in [6.07, 6.45) is 2.29. The molecule has 0 spiro atoms. The van der Waals surface area contributed by atoms with Gasteiger partial charge in [-0.1, -0.05) is 0 Å². The zero-order valence-electron chi connectivity index (χ0n) is 8.92. The van der Waals surface area contributed by atoms with Crippen molar-refractivity contribution in [2.45, 2.75) is 18.9 Å².